The van der Waals surface area contributed by atoms with Gasteiger partial charge in [-0.1, -0.05) is 0 Å². The third kappa shape index (κ3) is 1.47. The van der Waals surface area contributed by atoms with E-state index in [0.29, 0.717) is 4.91 Å². The van der Waals surface area contributed by atoms with Gasteiger partial charge in [-0.15, -0.1) is 0 Å². The number of guanidine groups is 1. The van der Waals surface area contributed by atoms with E-state index in [9.17, 15) is 4.79 Å². The molecule has 0 aliphatic rings. The van der Waals surface area contributed by atoms with Crippen LogP contribution < -0.4 is 17.3 Å². The highest BCUT2D eigenvalue weighted by atomic mass is 16.8. The largest absolute Gasteiger partial charge is 0.564 e. The molecular formula is C3H5N5O3. The van der Waals surface area contributed by atoms with Crippen LogP contribution in [0.5, 0.6) is 0 Å². The van der Waals surface area contributed by atoms with Crippen molar-refractivity contribution in [2.75, 3.05) is 0 Å². The number of nitrogens with one attached hydrogen (secondary N) is 1. The van der Waals surface area contributed by atoms with Crippen molar-refractivity contribution >= 4 is 11.9 Å². The molecule has 11 heavy (non-hydrogen) atoms. The molecule has 60 valence electrons. The maximum Gasteiger partial charge on any atom is 0.564 e. The number of nitrogens with two attached hydrogens (primary N) is 2. The summed E-state index contributed by atoms with van der Waals surface area (Å²) in [5.74, 6) is -1.72. The maximum absolute atomic E-state index is 10.0. The molecule has 0 bridgehead atoms. The van der Waals surface area contributed by atoms with Gasteiger partial charge in [0, 0.05) is 4.91 Å². The molecule has 0 amide bonds. The second kappa shape index (κ2) is 2.33. The molecule has 5 N–H and O–H groups in total. The molecule has 1 aromatic rings. The van der Waals surface area contributed by atoms with Crippen molar-refractivity contribution in [2.45, 2.75) is 0 Å². The summed E-state index contributed by atoms with van der Waals surface area (Å²) in [5, 5.41) is 6.94. The fraction of sp³-hybridized carbons (Fsp3) is 0. The lowest BCUT2D eigenvalue weighted by atomic mass is 10.9. The van der Waals surface area contributed by atoms with E-state index in [1.807, 2.05) is 0 Å². The molecule has 0 spiro atoms. The van der Waals surface area contributed by atoms with E-state index < -0.39 is 11.8 Å². The fourth-order valence-corrected chi connectivity index (χ4v) is 0.392. The number of nitrogens with zero attached hydrogens (tertiary/aromatic N) is 2. The molecule has 8 nitrogen and oxygen atoms in total. The second-order valence-electron chi connectivity index (χ2n) is 1.55. The molecule has 0 radical (unpaired) electrons. The first kappa shape index (κ1) is 7.12. The van der Waals surface area contributed by atoms with E-state index in [-0.39, 0.29) is 5.96 Å². The van der Waals surface area contributed by atoms with Crippen LogP contribution in [0.25, 0.3) is 0 Å². The highest BCUT2D eigenvalue weighted by Gasteiger charge is 2.07. The molecule has 8 heteroatoms. The zero-order valence-corrected chi connectivity index (χ0v) is 5.27. The van der Waals surface area contributed by atoms with E-state index in [4.69, 9.17) is 16.9 Å². The molecule has 0 fully saturated rings. The minimum absolute atomic E-state index is 0.318. The van der Waals surface area contributed by atoms with Crippen molar-refractivity contribution in [2.24, 2.45) is 16.5 Å². The molecule has 1 aromatic heterocycles. The Morgan fingerprint density at radius 3 is 2.45 bits per heavy atom. The quantitative estimate of drug-likeness (QED) is 0.299. The van der Waals surface area contributed by atoms with Crippen LogP contribution in [0.2, 0.25) is 0 Å². The molecule has 0 aromatic carbocycles. The summed E-state index contributed by atoms with van der Waals surface area (Å²) in [7, 11) is 0. The zero-order chi connectivity index (χ0) is 8.43. The monoisotopic (exact) mass is 159 g/mol. The fourth-order valence-electron chi connectivity index (χ4n) is 0.392. The lowest BCUT2D eigenvalue weighted by molar-refractivity contribution is -0.0286. The van der Waals surface area contributed by atoms with E-state index in [1.165, 1.54) is 0 Å². The Hall–Kier alpha value is -1.99. The maximum atomic E-state index is 10.0. The predicted molar refractivity (Wildman–Crippen MR) is 34.2 cm³/mol. The van der Waals surface area contributed by atoms with Gasteiger partial charge in [-0.3, -0.25) is 14.5 Å². The van der Waals surface area contributed by atoms with E-state index >= 15 is 0 Å². The minimum atomic E-state index is -0.902. The number of aliphatic imine (C=N–C) groups is 1. The molecule has 0 aliphatic carbocycles. The van der Waals surface area contributed by atoms with Crippen molar-refractivity contribution in [3.8, 4) is 0 Å². The Morgan fingerprint density at radius 2 is 2.09 bits per heavy atom. The third-order valence-corrected chi connectivity index (χ3v) is 0.723. The van der Waals surface area contributed by atoms with E-state index in [0.717, 1.165) is 0 Å². The highest BCUT2D eigenvalue weighted by molar-refractivity contribution is 5.91. The SMILES string of the molecule is N=C(N=C(N)N)n1oc(=O)o1. The topological polar surface area (TPSA) is 137 Å². The summed E-state index contributed by atoms with van der Waals surface area (Å²) in [6, 6.07) is 0. The predicted octanol–water partition coefficient (Wildman–Crippen LogP) is -1.91. The zero-order valence-electron chi connectivity index (χ0n) is 5.27. The van der Waals surface area contributed by atoms with Crippen LogP contribution in [0.15, 0.2) is 18.8 Å². The Bertz CT molecular complexity index is 321. The second-order valence-corrected chi connectivity index (χ2v) is 1.55. The first-order valence-electron chi connectivity index (χ1n) is 2.48. The summed E-state index contributed by atoms with van der Waals surface area (Å²) in [6.45, 7) is 0. The molecule has 1 heterocycles. The molecule has 0 unspecified atom stereocenters. The van der Waals surface area contributed by atoms with Crippen LogP contribution in [0.1, 0.15) is 0 Å². The van der Waals surface area contributed by atoms with Crippen LogP contribution in [0.4, 0.5) is 0 Å². The number of hydrogen-bond acceptors (Lipinski definition) is 4. The van der Waals surface area contributed by atoms with Gasteiger partial charge in [0.15, 0.2) is 5.96 Å². The molecule has 0 saturated heterocycles. The lowest BCUT2D eigenvalue weighted by Gasteiger charge is -1.98. The van der Waals surface area contributed by atoms with Crippen molar-refractivity contribution in [1.29, 1.82) is 5.41 Å². The summed E-state index contributed by atoms with van der Waals surface area (Å²) in [4.78, 5) is 13.7. The van der Waals surface area contributed by atoms with Crippen LogP contribution in [0.3, 0.4) is 0 Å². The summed E-state index contributed by atoms with van der Waals surface area (Å²) in [5.41, 5.74) is 9.82. The van der Waals surface area contributed by atoms with Crippen molar-refractivity contribution < 1.29 is 9.05 Å². The number of rotatable bonds is 0. The number of aromatic nitrogens is 1. The van der Waals surface area contributed by atoms with Gasteiger partial charge in [0.05, 0.1) is 0 Å². The average Bonchev–Trinajstić information content (AvgIpc) is 1.79. The lowest BCUT2D eigenvalue weighted by Crippen LogP contribution is -2.28. The van der Waals surface area contributed by atoms with Gasteiger partial charge in [-0.2, -0.15) is 9.79 Å². The first-order valence-corrected chi connectivity index (χ1v) is 2.48. The average molecular weight is 159 g/mol. The van der Waals surface area contributed by atoms with Crippen LogP contribution >= 0.6 is 0 Å². The molecular weight excluding hydrogens is 154 g/mol. The normalized spacial score (nSPS) is 9.45. The van der Waals surface area contributed by atoms with Gasteiger partial charge in [0.1, 0.15) is 0 Å². The Balaban J connectivity index is 2.75. The van der Waals surface area contributed by atoms with Crippen LogP contribution in [-0.2, 0) is 0 Å². The van der Waals surface area contributed by atoms with E-state index in [1.54, 1.807) is 0 Å². The van der Waals surface area contributed by atoms with Gasteiger partial charge < -0.3 is 11.5 Å². The Kier molecular flexibility index (Phi) is 1.51. The van der Waals surface area contributed by atoms with Crippen molar-refractivity contribution in [3.63, 3.8) is 0 Å². The molecule has 0 atom stereocenters. The van der Waals surface area contributed by atoms with Gasteiger partial charge in [0.25, 0.3) is 5.96 Å². The van der Waals surface area contributed by atoms with Gasteiger partial charge in [-0.25, -0.2) is 0 Å². The molecule has 0 saturated carbocycles. The van der Waals surface area contributed by atoms with Crippen LogP contribution in [-0.4, -0.2) is 16.8 Å². The van der Waals surface area contributed by atoms with Crippen molar-refractivity contribution in [3.05, 3.63) is 10.6 Å². The number of hydrogen-bond donors (Lipinski definition) is 3. The smallest absolute Gasteiger partial charge is 0.370 e. The summed E-state index contributed by atoms with van der Waals surface area (Å²) < 4.78 is 8.26. The van der Waals surface area contributed by atoms with Crippen LogP contribution in [0, 0.1) is 5.41 Å². The minimum Gasteiger partial charge on any atom is -0.370 e. The third-order valence-electron chi connectivity index (χ3n) is 0.723. The summed E-state index contributed by atoms with van der Waals surface area (Å²) >= 11 is 0. The van der Waals surface area contributed by atoms with Gasteiger partial charge >= 0.3 is 5.82 Å². The highest BCUT2D eigenvalue weighted by Crippen LogP contribution is 1.84. The first-order chi connectivity index (χ1) is 5.09. The Labute approximate surface area is 59.5 Å². The standard InChI is InChI=1S/C3H5N5O3/c4-1(5)7-2(6)8-10-3(9)11-8/h(H5,4,5,6,7). The van der Waals surface area contributed by atoms with E-state index in [2.05, 4.69) is 14.0 Å². The van der Waals surface area contributed by atoms with Gasteiger partial charge in [-0.05, 0) is 0 Å². The Morgan fingerprint density at radius 1 is 1.55 bits per heavy atom. The molecule has 0 aliphatic heterocycles. The molecule has 1 rings (SSSR count). The van der Waals surface area contributed by atoms with Gasteiger partial charge in [0.2, 0.25) is 0 Å². The summed E-state index contributed by atoms with van der Waals surface area (Å²) in [6.07, 6.45) is 0. The van der Waals surface area contributed by atoms with Crippen molar-refractivity contribution in [1.82, 2.24) is 4.91 Å².